The monoisotopic (exact) mass is 130 g/mol. The second-order valence-electron chi connectivity index (χ2n) is 2.35. The van der Waals surface area contributed by atoms with E-state index < -0.39 is 0 Å². The highest BCUT2D eigenvalue weighted by Crippen LogP contribution is 2.02. The lowest BCUT2D eigenvalue weighted by molar-refractivity contribution is 0.232. The Balaban J connectivity index is 3.16. The fraction of sp³-hybridized carbons (Fsp3) is 0.833. The van der Waals surface area contributed by atoms with E-state index in [4.69, 9.17) is 16.2 Å². The molecule has 0 aliphatic heterocycles. The maximum Gasteiger partial charge on any atom is 0.0905 e. The molecule has 0 bridgehead atoms. The average Bonchev–Trinajstić information content (AvgIpc) is 1.83. The molecule has 0 fully saturated rings. The summed E-state index contributed by atoms with van der Waals surface area (Å²) in [6.07, 6.45) is 1.41. The molecule has 0 rings (SSSR count). The quantitative estimate of drug-likeness (QED) is 0.379. The Morgan fingerprint density at radius 1 is 1.78 bits per heavy atom. The third-order valence-corrected chi connectivity index (χ3v) is 1.22. The van der Waals surface area contributed by atoms with E-state index in [1.165, 1.54) is 0 Å². The molecule has 0 heterocycles. The number of amidine groups is 1. The Morgan fingerprint density at radius 2 is 2.33 bits per heavy atom. The van der Waals surface area contributed by atoms with Gasteiger partial charge in [-0.2, -0.15) is 0 Å². The van der Waals surface area contributed by atoms with Crippen molar-refractivity contribution in [2.24, 2.45) is 11.7 Å². The number of nitrogens with one attached hydrogen (secondary N) is 1. The summed E-state index contributed by atoms with van der Waals surface area (Å²) >= 11 is 0. The topological polar surface area (TPSA) is 70.1 Å². The smallest absolute Gasteiger partial charge is 0.0905 e. The third-order valence-electron chi connectivity index (χ3n) is 1.22. The zero-order valence-electron chi connectivity index (χ0n) is 5.72. The highest BCUT2D eigenvalue weighted by atomic mass is 16.3. The van der Waals surface area contributed by atoms with Crippen LogP contribution in [0.15, 0.2) is 0 Å². The van der Waals surface area contributed by atoms with Gasteiger partial charge in [0.2, 0.25) is 0 Å². The second-order valence-corrected chi connectivity index (χ2v) is 2.35. The van der Waals surface area contributed by atoms with Crippen LogP contribution in [0.1, 0.15) is 19.8 Å². The summed E-state index contributed by atoms with van der Waals surface area (Å²) in [5, 5.41) is 15.4. The molecule has 0 spiro atoms. The first-order valence-corrected chi connectivity index (χ1v) is 3.10. The maximum atomic E-state index is 8.54. The van der Waals surface area contributed by atoms with Gasteiger partial charge in [0.15, 0.2) is 0 Å². The Hall–Kier alpha value is -0.570. The van der Waals surface area contributed by atoms with Gasteiger partial charge in [-0.05, 0) is 12.3 Å². The Morgan fingerprint density at radius 3 is 2.67 bits per heavy atom. The van der Waals surface area contributed by atoms with Crippen molar-refractivity contribution in [2.45, 2.75) is 19.8 Å². The summed E-state index contributed by atoms with van der Waals surface area (Å²) in [4.78, 5) is 0. The lowest BCUT2D eigenvalue weighted by Gasteiger charge is -2.04. The van der Waals surface area contributed by atoms with Crippen LogP contribution in [0.25, 0.3) is 0 Å². The van der Waals surface area contributed by atoms with Crippen molar-refractivity contribution in [2.75, 3.05) is 6.61 Å². The summed E-state index contributed by atoms with van der Waals surface area (Å²) in [6, 6.07) is 0. The minimum Gasteiger partial charge on any atom is -0.396 e. The van der Waals surface area contributed by atoms with Crippen LogP contribution in [0.2, 0.25) is 0 Å². The zero-order valence-corrected chi connectivity index (χ0v) is 5.72. The first-order chi connectivity index (χ1) is 4.16. The lowest BCUT2D eigenvalue weighted by Crippen LogP contribution is -2.12. The number of hydrogen-bond acceptors (Lipinski definition) is 2. The van der Waals surface area contributed by atoms with Crippen LogP contribution in [-0.2, 0) is 0 Å². The second kappa shape index (κ2) is 4.32. The van der Waals surface area contributed by atoms with Gasteiger partial charge >= 0.3 is 0 Å². The van der Waals surface area contributed by atoms with Gasteiger partial charge in [-0.1, -0.05) is 6.92 Å². The molecule has 3 nitrogen and oxygen atoms in total. The predicted octanol–water partition coefficient (Wildman–Crippen LogP) is 0.331. The summed E-state index contributed by atoms with van der Waals surface area (Å²) in [5.74, 6) is 0.476. The van der Waals surface area contributed by atoms with Gasteiger partial charge in [-0.15, -0.1) is 0 Å². The molecule has 3 heteroatoms. The average molecular weight is 130 g/mol. The molecule has 0 aromatic carbocycles. The van der Waals surface area contributed by atoms with Gasteiger partial charge in [0, 0.05) is 13.0 Å². The summed E-state index contributed by atoms with van der Waals surface area (Å²) in [5.41, 5.74) is 5.10. The number of aliphatic hydroxyl groups is 1. The minimum atomic E-state index is 0.188. The molecule has 0 aliphatic rings. The van der Waals surface area contributed by atoms with Crippen LogP contribution in [0.3, 0.4) is 0 Å². The molecular formula is C6H14N2O. The van der Waals surface area contributed by atoms with Crippen molar-refractivity contribution >= 4 is 5.84 Å². The maximum absolute atomic E-state index is 8.54. The van der Waals surface area contributed by atoms with Gasteiger partial charge < -0.3 is 10.8 Å². The van der Waals surface area contributed by atoms with Crippen molar-refractivity contribution in [3.8, 4) is 0 Å². The van der Waals surface area contributed by atoms with E-state index in [0.29, 0.717) is 6.42 Å². The van der Waals surface area contributed by atoms with Crippen LogP contribution < -0.4 is 5.73 Å². The zero-order chi connectivity index (χ0) is 7.28. The van der Waals surface area contributed by atoms with E-state index in [0.717, 1.165) is 6.42 Å². The fourth-order valence-electron chi connectivity index (χ4n) is 0.493. The minimum absolute atomic E-state index is 0.188. The van der Waals surface area contributed by atoms with Crippen LogP contribution in [-0.4, -0.2) is 17.5 Å². The lowest BCUT2D eigenvalue weighted by atomic mass is 10.1. The summed E-state index contributed by atoms with van der Waals surface area (Å²) < 4.78 is 0. The number of hydrogen-bond donors (Lipinski definition) is 3. The molecule has 0 saturated carbocycles. The largest absolute Gasteiger partial charge is 0.396 e. The van der Waals surface area contributed by atoms with Gasteiger partial charge in [0.05, 0.1) is 5.84 Å². The highest BCUT2D eigenvalue weighted by molar-refractivity contribution is 5.76. The van der Waals surface area contributed by atoms with E-state index in [-0.39, 0.29) is 18.4 Å². The third kappa shape index (κ3) is 5.30. The molecule has 0 aliphatic carbocycles. The Bertz CT molecular complexity index is 93.1. The van der Waals surface area contributed by atoms with Crippen molar-refractivity contribution in [3.63, 3.8) is 0 Å². The molecule has 0 saturated heterocycles. The number of rotatable bonds is 4. The highest BCUT2D eigenvalue weighted by Gasteiger charge is 1.99. The van der Waals surface area contributed by atoms with E-state index in [1.54, 1.807) is 0 Å². The normalized spacial score (nSPS) is 13.1. The molecular weight excluding hydrogens is 116 g/mol. The van der Waals surface area contributed by atoms with Crippen LogP contribution in [0.5, 0.6) is 0 Å². The summed E-state index contributed by atoms with van der Waals surface area (Å²) in [7, 11) is 0. The summed E-state index contributed by atoms with van der Waals surface area (Å²) in [6.45, 7) is 2.12. The fourth-order valence-corrected chi connectivity index (χ4v) is 0.493. The van der Waals surface area contributed by atoms with Crippen LogP contribution >= 0.6 is 0 Å². The molecule has 0 aromatic rings. The molecule has 1 unspecified atom stereocenters. The SMILES string of the molecule is CC(CO)CCC(=N)N. The predicted molar refractivity (Wildman–Crippen MR) is 37.4 cm³/mol. The van der Waals surface area contributed by atoms with E-state index >= 15 is 0 Å². The van der Waals surface area contributed by atoms with E-state index in [1.807, 2.05) is 6.92 Å². The molecule has 4 N–H and O–H groups in total. The molecule has 1 atom stereocenters. The van der Waals surface area contributed by atoms with Crippen molar-refractivity contribution in [1.82, 2.24) is 0 Å². The first-order valence-electron chi connectivity index (χ1n) is 3.10. The van der Waals surface area contributed by atoms with Crippen molar-refractivity contribution in [1.29, 1.82) is 5.41 Å². The van der Waals surface area contributed by atoms with Gasteiger partial charge in [0.25, 0.3) is 0 Å². The number of aliphatic hydroxyl groups excluding tert-OH is 1. The van der Waals surface area contributed by atoms with Crippen molar-refractivity contribution in [3.05, 3.63) is 0 Å². The first kappa shape index (κ1) is 8.43. The van der Waals surface area contributed by atoms with Crippen LogP contribution in [0, 0.1) is 11.3 Å². The van der Waals surface area contributed by atoms with Gasteiger partial charge in [-0.25, -0.2) is 0 Å². The molecule has 0 aromatic heterocycles. The molecule has 0 amide bonds. The van der Waals surface area contributed by atoms with Gasteiger partial charge in [0.1, 0.15) is 0 Å². The Kier molecular flexibility index (Phi) is 4.05. The van der Waals surface area contributed by atoms with Gasteiger partial charge in [-0.3, -0.25) is 5.41 Å². The Labute approximate surface area is 55.4 Å². The van der Waals surface area contributed by atoms with Crippen LogP contribution in [0.4, 0.5) is 0 Å². The molecule has 9 heavy (non-hydrogen) atoms. The number of nitrogens with two attached hydrogens (primary N) is 1. The molecule has 54 valence electrons. The van der Waals surface area contributed by atoms with E-state index in [2.05, 4.69) is 0 Å². The standard InChI is InChI=1S/C6H14N2O/c1-5(4-9)2-3-6(7)8/h5,9H,2-4H2,1H3,(H3,7,8). The molecule has 0 radical (unpaired) electrons. The van der Waals surface area contributed by atoms with Crippen molar-refractivity contribution < 1.29 is 5.11 Å². The van der Waals surface area contributed by atoms with E-state index in [9.17, 15) is 0 Å².